The average molecular weight is 494 g/mol. The molecule has 188 valence electrons. The second kappa shape index (κ2) is 9.77. The van der Waals surface area contributed by atoms with E-state index in [2.05, 4.69) is 23.2 Å². The summed E-state index contributed by atoms with van der Waals surface area (Å²) in [5.41, 5.74) is 4.77. The summed E-state index contributed by atoms with van der Waals surface area (Å²) < 4.78 is 5.97. The summed E-state index contributed by atoms with van der Waals surface area (Å²) in [6.45, 7) is 3.07. The molecule has 0 bridgehead atoms. The van der Waals surface area contributed by atoms with Crippen molar-refractivity contribution in [3.05, 3.63) is 101 Å². The molecule has 0 spiro atoms. The third kappa shape index (κ3) is 5.24. The zero-order chi connectivity index (χ0) is 25.4. The minimum atomic E-state index is -0.139. The largest absolute Gasteiger partial charge is 0.490 e. The molecule has 0 unspecified atom stereocenters. The number of aromatic nitrogens is 1. The van der Waals surface area contributed by atoms with Gasteiger partial charge in [0.2, 0.25) is 5.91 Å². The highest BCUT2D eigenvalue weighted by molar-refractivity contribution is 6.00. The van der Waals surface area contributed by atoms with E-state index in [1.54, 1.807) is 4.90 Å². The first kappa shape index (κ1) is 23.3. The Bertz CT molecular complexity index is 1440. The maximum Gasteiger partial charge on any atom is 0.270 e. The summed E-state index contributed by atoms with van der Waals surface area (Å²) >= 11 is 0. The third-order valence-corrected chi connectivity index (χ3v) is 7.20. The Hall–Kier alpha value is -4.06. The average Bonchev–Trinajstić information content (AvgIpc) is 3.61. The first-order chi connectivity index (χ1) is 18.0. The minimum Gasteiger partial charge on any atom is -0.490 e. The van der Waals surface area contributed by atoms with Crippen molar-refractivity contribution in [1.29, 1.82) is 0 Å². The minimum absolute atomic E-state index is 0.0407. The predicted molar refractivity (Wildman–Crippen MR) is 144 cm³/mol. The molecule has 1 saturated heterocycles. The van der Waals surface area contributed by atoms with Gasteiger partial charge in [0.25, 0.3) is 5.91 Å². The highest BCUT2D eigenvalue weighted by Gasteiger charge is 2.35. The molecular formula is C31H31N3O3. The summed E-state index contributed by atoms with van der Waals surface area (Å²) in [7, 11) is 0. The first-order valence-electron chi connectivity index (χ1n) is 13.0. The standard InChI is InChI=1S/C31H31N3O3/c1-21-10-13-28-24(14-21)17-29(32-28)31(36)33-19-25(15-22-6-3-2-4-7-22)34(30(35)20-33)18-23-8-5-9-27(16-23)37-26-11-12-26/h2-10,13-14,16-17,25-26,32H,11-12,15,18-20H2,1H3/t25-/m0/s1. The van der Waals surface area contributed by atoms with Crippen molar-refractivity contribution in [2.24, 2.45) is 0 Å². The maximum atomic E-state index is 13.5. The van der Waals surface area contributed by atoms with Gasteiger partial charge in [-0.3, -0.25) is 9.59 Å². The van der Waals surface area contributed by atoms with Crippen molar-refractivity contribution in [2.45, 2.75) is 44.9 Å². The first-order valence-corrected chi connectivity index (χ1v) is 13.0. The lowest BCUT2D eigenvalue weighted by molar-refractivity contribution is -0.139. The lowest BCUT2D eigenvalue weighted by Gasteiger charge is -2.41. The number of rotatable bonds is 7. The molecular weight excluding hydrogens is 462 g/mol. The van der Waals surface area contributed by atoms with Gasteiger partial charge in [0.15, 0.2) is 0 Å². The second-order valence-corrected chi connectivity index (χ2v) is 10.3. The molecule has 2 heterocycles. The number of hydrogen-bond acceptors (Lipinski definition) is 3. The van der Waals surface area contributed by atoms with Crippen LogP contribution in [0.1, 0.15) is 40.0 Å². The SMILES string of the molecule is Cc1ccc2[nH]c(C(=O)N3CC(=O)N(Cc4cccc(OC5CC5)c4)[C@@H](Cc4ccccc4)C3)cc2c1. The summed E-state index contributed by atoms with van der Waals surface area (Å²) in [4.78, 5) is 33.9. The lowest BCUT2D eigenvalue weighted by Crippen LogP contribution is -2.58. The number of amides is 2. The van der Waals surface area contributed by atoms with Crippen LogP contribution in [0.2, 0.25) is 0 Å². The van der Waals surface area contributed by atoms with Gasteiger partial charge in [0, 0.05) is 24.0 Å². The molecule has 0 radical (unpaired) electrons. The molecule has 2 fully saturated rings. The number of aromatic amines is 1. The van der Waals surface area contributed by atoms with E-state index in [9.17, 15) is 9.59 Å². The zero-order valence-corrected chi connectivity index (χ0v) is 21.0. The number of carbonyl (C=O) groups is 2. The number of hydrogen-bond donors (Lipinski definition) is 1. The van der Waals surface area contributed by atoms with Gasteiger partial charge in [-0.25, -0.2) is 0 Å². The Balaban J connectivity index is 1.25. The molecule has 37 heavy (non-hydrogen) atoms. The summed E-state index contributed by atoms with van der Waals surface area (Å²) in [5, 5.41) is 1.00. The van der Waals surface area contributed by atoms with E-state index >= 15 is 0 Å². The van der Waals surface area contributed by atoms with Crippen LogP contribution < -0.4 is 4.74 Å². The molecule has 1 saturated carbocycles. The Kier molecular flexibility index (Phi) is 6.16. The summed E-state index contributed by atoms with van der Waals surface area (Å²) in [5.74, 6) is 0.677. The Labute approximate surface area is 216 Å². The number of carbonyl (C=O) groups excluding carboxylic acids is 2. The molecule has 6 rings (SSSR count). The molecule has 3 aromatic carbocycles. The van der Waals surface area contributed by atoms with Crippen LogP contribution in [0.5, 0.6) is 5.75 Å². The molecule has 1 aliphatic carbocycles. The summed E-state index contributed by atoms with van der Waals surface area (Å²) in [6.07, 6.45) is 3.22. The van der Waals surface area contributed by atoms with Crippen molar-refractivity contribution in [3.63, 3.8) is 0 Å². The van der Waals surface area contributed by atoms with Gasteiger partial charge < -0.3 is 19.5 Å². The molecule has 1 aliphatic heterocycles. The van der Waals surface area contributed by atoms with Gasteiger partial charge in [-0.05, 0) is 67.6 Å². The van der Waals surface area contributed by atoms with Crippen LogP contribution in [-0.2, 0) is 17.8 Å². The Morgan fingerprint density at radius 3 is 2.59 bits per heavy atom. The predicted octanol–water partition coefficient (Wildman–Crippen LogP) is 5.11. The van der Waals surface area contributed by atoms with Crippen LogP contribution in [0, 0.1) is 6.92 Å². The monoisotopic (exact) mass is 493 g/mol. The molecule has 2 aliphatic rings. The van der Waals surface area contributed by atoms with E-state index in [4.69, 9.17) is 4.74 Å². The van der Waals surface area contributed by atoms with Crippen LogP contribution in [0.3, 0.4) is 0 Å². The fraction of sp³-hybridized carbons (Fsp3) is 0.290. The second-order valence-electron chi connectivity index (χ2n) is 10.3. The van der Waals surface area contributed by atoms with E-state index in [1.165, 1.54) is 0 Å². The normalized spacial score (nSPS) is 17.9. The molecule has 1 atom stereocenters. The smallest absolute Gasteiger partial charge is 0.270 e. The van der Waals surface area contributed by atoms with Crippen molar-refractivity contribution >= 4 is 22.7 Å². The molecule has 4 aromatic rings. The number of nitrogens with zero attached hydrogens (tertiary/aromatic N) is 2. The van der Waals surface area contributed by atoms with Crippen molar-refractivity contribution < 1.29 is 14.3 Å². The van der Waals surface area contributed by atoms with E-state index < -0.39 is 0 Å². The topological polar surface area (TPSA) is 65.6 Å². The van der Waals surface area contributed by atoms with Crippen LogP contribution in [-0.4, -0.2) is 51.8 Å². The van der Waals surface area contributed by atoms with Crippen LogP contribution >= 0.6 is 0 Å². The number of fused-ring (bicyclic) bond motifs is 1. The molecule has 1 aromatic heterocycles. The van der Waals surface area contributed by atoms with E-state index in [1.807, 2.05) is 72.5 Å². The summed E-state index contributed by atoms with van der Waals surface area (Å²) in [6, 6.07) is 26.0. The van der Waals surface area contributed by atoms with Crippen molar-refractivity contribution in [2.75, 3.05) is 13.1 Å². The number of nitrogens with one attached hydrogen (secondary N) is 1. The van der Waals surface area contributed by atoms with Gasteiger partial charge in [-0.15, -0.1) is 0 Å². The number of piperazine rings is 1. The van der Waals surface area contributed by atoms with Gasteiger partial charge in [0.05, 0.1) is 12.1 Å². The fourth-order valence-corrected chi connectivity index (χ4v) is 5.14. The van der Waals surface area contributed by atoms with Gasteiger partial charge >= 0.3 is 0 Å². The fourth-order valence-electron chi connectivity index (χ4n) is 5.14. The van der Waals surface area contributed by atoms with Crippen LogP contribution in [0.15, 0.2) is 78.9 Å². The Morgan fingerprint density at radius 1 is 0.973 bits per heavy atom. The van der Waals surface area contributed by atoms with Crippen LogP contribution in [0.4, 0.5) is 0 Å². The maximum absolute atomic E-state index is 13.5. The van der Waals surface area contributed by atoms with Crippen molar-refractivity contribution in [1.82, 2.24) is 14.8 Å². The Morgan fingerprint density at radius 2 is 1.78 bits per heavy atom. The van der Waals surface area contributed by atoms with Crippen LogP contribution in [0.25, 0.3) is 10.9 Å². The molecule has 6 heteroatoms. The van der Waals surface area contributed by atoms with Gasteiger partial charge in [-0.2, -0.15) is 0 Å². The van der Waals surface area contributed by atoms with E-state index in [0.29, 0.717) is 31.3 Å². The molecule has 1 N–H and O–H groups in total. The van der Waals surface area contributed by atoms with E-state index in [0.717, 1.165) is 46.2 Å². The van der Waals surface area contributed by atoms with E-state index in [-0.39, 0.29) is 24.4 Å². The molecule has 6 nitrogen and oxygen atoms in total. The van der Waals surface area contributed by atoms with Gasteiger partial charge in [-0.1, -0.05) is 54.1 Å². The van der Waals surface area contributed by atoms with Crippen molar-refractivity contribution in [3.8, 4) is 5.75 Å². The third-order valence-electron chi connectivity index (χ3n) is 7.20. The van der Waals surface area contributed by atoms with Gasteiger partial charge in [0.1, 0.15) is 18.0 Å². The zero-order valence-electron chi connectivity index (χ0n) is 21.0. The lowest BCUT2D eigenvalue weighted by atomic mass is 10.0. The highest BCUT2D eigenvalue weighted by atomic mass is 16.5. The number of benzene rings is 3. The quantitative estimate of drug-likeness (QED) is 0.389. The number of aryl methyl sites for hydroxylation is 1. The molecule has 2 amide bonds. The number of ether oxygens (including phenoxy) is 1. The highest BCUT2D eigenvalue weighted by Crippen LogP contribution is 2.28. The number of H-pyrrole nitrogens is 1.